The topological polar surface area (TPSA) is 43.4 Å². The number of ketones is 1. The number of carbonyl (C=O) groups is 2. The molecule has 1 aromatic rings. The van der Waals surface area contributed by atoms with Gasteiger partial charge in [0.1, 0.15) is 6.10 Å². The fourth-order valence-corrected chi connectivity index (χ4v) is 7.48. The summed E-state index contributed by atoms with van der Waals surface area (Å²) in [5.74, 6) is 2.16. The Morgan fingerprint density at radius 2 is 1.76 bits per heavy atom. The molecule has 5 rings (SSSR count). The van der Waals surface area contributed by atoms with E-state index in [1.807, 2.05) is 36.4 Å². The van der Waals surface area contributed by atoms with Crippen LogP contribution in [0.3, 0.4) is 0 Å². The highest BCUT2D eigenvalue weighted by atomic mass is 16.5. The Morgan fingerprint density at radius 1 is 0.966 bits per heavy atom. The maximum absolute atomic E-state index is 12.7. The summed E-state index contributed by atoms with van der Waals surface area (Å²) >= 11 is 0. The van der Waals surface area contributed by atoms with Crippen LogP contribution in [0, 0.1) is 28.6 Å². The van der Waals surface area contributed by atoms with Crippen LogP contribution in [0.25, 0.3) is 0 Å². The van der Waals surface area contributed by atoms with Gasteiger partial charge in [0, 0.05) is 11.8 Å². The van der Waals surface area contributed by atoms with E-state index in [9.17, 15) is 9.59 Å². The van der Waals surface area contributed by atoms with Gasteiger partial charge in [0.15, 0.2) is 5.78 Å². The van der Waals surface area contributed by atoms with Gasteiger partial charge in [-0.2, -0.15) is 0 Å². The van der Waals surface area contributed by atoms with Crippen molar-refractivity contribution in [2.75, 3.05) is 0 Å². The third-order valence-electron chi connectivity index (χ3n) is 9.13. The second-order valence-corrected chi connectivity index (χ2v) is 10.4. The third-order valence-corrected chi connectivity index (χ3v) is 9.13. The van der Waals surface area contributed by atoms with E-state index in [0.717, 1.165) is 25.7 Å². The summed E-state index contributed by atoms with van der Waals surface area (Å²) in [6.45, 7) is 4.80. The van der Waals surface area contributed by atoms with Crippen molar-refractivity contribution in [3.8, 4) is 0 Å². The monoisotopic (exact) mass is 392 g/mol. The van der Waals surface area contributed by atoms with Gasteiger partial charge in [-0.05, 0) is 86.3 Å². The molecule has 0 heterocycles. The van der Waals surface area contributed by atoms with Crippen LogP contribution >= 0.6 is 0 Å². The number of hydrogen-bond donors (Lipinski definition) is 0. The lowest BCUT2D eigenvalue weighted by molar-refractivity contribution is -0.118. The molecule has 0 amide bonds. The number of hydrogen-bond acceptors (Lipinski definition) is 3. The zero-order valence-electron chi connectivity index (χ0n) is 17.7. The van der Waals surface area contributed by atoms with Gasteiger partial charge in [0.2, 0.25) is 0 Å². The summed E-state index contributed by atoms with van der Waals surface area (Å²) in [6.07, 6.45) is 10.5. The van der Waals surface area contributed by atoms with Gasteiger partial charge in [-0.15, -0.1) is 0 Å². The molecule has 3 fully saturated rings. The molecule has 29 heavy (non-hydrogen) atoms. The highest BCUT2D eigenvalue weighted by molar-refractivity contribution is 5.91. The molecule has 0 aromatic heterocycles. The first-order chi connectivity index (χ1) is 13.9. The summed E-state index contributed by atoms with van der Waals surface area (Å²) in [6, 6.07) is 9.39. The fourth-order valence-electron chi connectivity index (χ4n) is 7.48. The van der Waals surface area contributed by atoms with E-state index >= 15 is 0 Å². The zero-order chi connectivity index (χ0) is 20.2. The smallest absolute Gasteiger partial charge is 0.338 e. The molecule has 0 N–H and O–H groups in total. The molecule has 0 bridgehead atoms. The van der Waals surface area contributed by atoms with Crippen LogP contribution < -0.4 is 0 Å². The number of fused-ring (bicyclic) bond motifs is 5. The Morgan fingerprint density at radius 3 is 2.55 bits per heavy atom. The van der Waals surface area contributed by atoms with Gasteiger partial charge >= 0.3 is 5.97 Å². The highest BCUT2D eigenvalue weighted by Gasteiger charge is 2.59. The van der Waals surface area contributed by atoms with Crippen molar-refractivity contribution in [1.29, 1.82) is 0 Å². The summed E-state index contributed by atoms with van der Waals surface area (Å²) in [7, 11) is 0. The second kappa shape index (κ2) is 6.82. The molecule has 0 saturated heterocycles. The molecule has 0 spiro atoms. The van der Waals surface area contributed by atoms with Gasteiger partial charge in [-0.25, -0.2) is 4.79 Å². The molecule has 1 aromatic carbocycles. The number of ether oxygens (including phenoxy) is 1. The molecule has 3 heteroatoms. The Kier molecular flexibility index (Phi) is 4.49. The summed E-state index contributed by atoms with van der Waals surface area (Å²) in [5.41, 5.74) is 2.37. The van der Waals surface area contributed by atoms with Crippen molar-refractivity contribution < 1.29 is 14.3 Å². The van der Waals surface area contributed by atoms with Gasteiger partial charge < -0.3 is 4.74 Å². The van der Waals surface area contributed by atoms with Crippen LogP contribution in [0.2, 0.25) is 0 Å². The molecular weight excluding hydrogens is 360 g/mol. The van der Waals surface area contributed by atoms with Crippen LogP contribution in [0.4, 0.5) is 0 Å². The lowest BCUT2D eigenvalue weighted by Gasteiger charge is -2.57. The van der Waals surface area contributed by atoms with Crippen molar-refractivity contribution >= 4 is 11.8 Å². The Labute approximate surface area is 173 Å². The standard InChI is InChI=1S/C26H32O3/c1-25-14-12-19(27)16-18(25)8-9-20-21-10-11-23(26(21,2)15-13-22(20)25)29-24(28)17-6-4-3-5-7-17/h3-7,16,20-23H,8-15H2,1-2H3/t20?,21?,22?,23?,25-,26-/m0/s1. The van der Waals surface area contributed by atoms with Crippen molar-refractivity contribution in [3.05, 3.63) is 47.5 Å². The second-order valence-electron chi connectivity index (χ2n) is 10.4. The molecule has 4 unspecified atom stereocenters. The molecule has 0 radical (unpaired) electrons. The van der Waals surface area contributed by atoms with Gasteiger partial charge in [0.25, 0.3) is 0 Å². The molecule has 154 valence electrons. The Bertz CT molecular complexity index is 856. The largest absolute Gasteiger partial charge is 0.458 e. The molecule has 3 saturated carbocycles. The Balaban J connectivity index is 1.37. The predicted octanol–water partition coefficient (Wildman–Crippen LogP) is 5.74. The first kappa shape index (κ1) is 19.1. The minimum atomic E-state index is -0.175. The number of rotatable bonds is 2. The lowest BCUT2D eigenvalue weighted by atomic mass is 9.47. The quantitative estimate of drug-likeness (QED) is 0.603. The van der Waals surface area contributed by atoms with E-state index in [1.165, 1.54) is 24.8 Å². The molecule has 4 aliphatic rings. The lowest BCUT2D eigenvalue weighted by Crippen LogP contribution is -2.51. The fraction of sp³-hybridized carbons (Fsp3) is 0.615. The van der Waals surface area contributed by atoms with Crippen LogP contribution in [-0.2, 0) is 9.53 Å². The number of allylic oxidation sites excluding steroid dienone is 1. The van der Waals surface area contributed by atoms with Crippen molar-refractivity contribution in [1.82, 2.24) is 0 Å². The van der Waals surface area contributed by atoms with Gasteiger partial charge in [0.05, 0.1) is 5.56 Å². The maximum atomic E-state index is 12.7. The van der Waals surface area contributed by atoms with E-state index in [-0.39, 0.29) is 22.9 Å². The van der Waals surface area contributed by atoms with Gasteiger partial charge in [-0.3, -0.25) is 4.79 Å². The van der Waals surface area contributed by atoms with E-state index in [4.69, 9.17) is 4.74 Å². The number of esters is 1. The van der Waals surface area contributed by atoms with Crippen molar-refractivity contribution in [2.24, 2.45) is 28.6 Å². The van der Waals surface area contributed by atoms with Crippen molar-refractivity contribution in [2.45, 2.75) is 71.3 Å². The minimum Gasteiger partial charge on any atom is -0.458 e. The minimum absolute atomic E-state index is 0.0267. The van der Waals surface area contributed by atoms with Crippen LogP contribution in [0.15, 0.2) is 42.0 Å². The predicted molar refractivity (Wildman–Crippen MR) is 112 cm³/mol. The first-order valence-corrected chi connectivity index (χ1v) is 11.4. The van der Waals surface area contributed by atoms with E-state index in [1.54, 1.807) is 0 Å². The molecule has 0 aliphatic heterocycles. The molecule has 3 nitrogen and oxygen atoms in total. The summed E-state index contributed by atoms with van der Waals surface area (Å²) in [4.78, 5) is 24.7. The Hall–Kier alpha value is -1.90. The maximum Gasteiger partial charge on any atom is 0.338 e. The molecular formula is C26H32O3. The van der Waals surface area contributed by atoms with Crippen LogP contribution in [-0.4, -0.2) is 17.9 Å². The SMILES string of the molecule is C[C@]12CCC3C(CCC4=CC(=O)CC[C@@]43C)C1CCC2OC(=O)c1ccccc1. The summed E-state index contributed by atoms with van der Waals surface area (Å²) in [5, 5.41) is 0. The molecule has 6 atom stereocenters. The van der Waals surface area contributed by atoms with E-state index in [0.29, 0.717) is 35.5 Å². The first-order valence-electron chi connectivity index (χ1n) is 11.4. The summed E-state index contributed by atoms with van der Waals surface area (Å²) < 4.78 is 6.10. The average molecular weight is 393 g/mol. The normalized spacial score (nSPS) is 41.0. The molecule has 4 aliphatic carbocycles. The van der Waals surface area contributed by atoms with E-state index < -0.39 is 0 Å². The highest BCUT2D eigenvalue weighted by Crippen LogP contribution is 2.65. The van der Waals surface area contributed by atoms with Gasteiger partial charge in [-0.1, -0.05) is 37.6 Å². The average Bonchev–Trinajstić information content (AvgIpc) is 3.05. The van der Waals surface area contributed by atoms with Crippen molar-refractivity contribution in [3.63, 3.8) is 0 Å². The number of benzene rings is 1. The number of carbonyl (C=O) groups excluding carboxylic acids is 2. The van der Waals surface area contributed by atoms with Crippen LogP contribution in [0.1, 0.15) is 75.6 Å². The zero-order valence-corrected chi connectivity index (χ0v) is 17.7. The van der Waals surface area contributed by atoms with E-state index in [2.05, 4.69) is 13.8 Å². The van der Waals surface area contributed by atoms with Crippen LogP contribution in [0.5, 0.6) is 0 Å². The third kappa shape index (κ3) is 2.92.